The van der Waals surface area contributed by atoms with E-state index in [0.29, 0.717) is 24.6 Å². The minimum Gasteiger partial charge on any atom is -0.464 e. The molecule has 18 heavy (non-hydrogen) atoms. The van der Waals surface area contributed by atoms with Crippen molar-refractivity contribution in [3.05, 3.63) is 0 Å². The molecule has 1 saturated carbocycles. The summed E-state index contributed by atoms with van der Waals surface area (Å²) >= 11 is 0. The Kier molecular flexibility index (Phi) is 4.17. The summed E-state index contributed by atoms with van der Waals surface area (Å²) < 4.78 is 5.31. The minimum atomic E-state index is 0.227. The summed E-state index contributed by atoms with van der Waals surface area (Å²) in [5, 5.41) is 0. The standard InChI is InChI=1S/C12H21N5O/c1-3-5-8-17(9-6-7-9)11-14-10(13)15-12(16-11)18-4-2/h9H,3-8H2,1-2H3,(H2,13,14,15,16). The molecule has 0 atom stereocenters. The summed E-state index contributed by atoms with van der Waals surface area (Å²) in [6.45, 7) is 5.57. The second-order valence-electron chi connectivity index (χ2n) is 4.49. The third-order valence-electron chi connectivity index (χ3n) is 2.89. The number of rotatable bonds is 7. The van der Waals surface area contributed by atoms with Crippen molar-refractivity contribution in [1.82, 2.24) is 15.0 Å². The Labute approximate surface area is 108 Å². The second-order valence-corrected chi connectivity index (χ2v) is 4.49. The van der Waals surface area contributed by atoms with Crippen LogP contribution in [0.15, 0.2) is 0 Å². The van der Waals surface area contributed by atoms with Crippen LogP contribution >= 0.6 is 0 Å². The van der Waals surface area contributed by atoms with Crippen LogP contribution in [-0.2, 0) is 0 Å². The molecule has 1 aliphatic rings. The lowest BCUT2D eigenvalue weighted by Crippen LogP contribution is -2.29. The number of nitrogens with two attached hydrogens (primary N) is 1. The molecule has 100 valence electrons. The summed E-state index contributed by atoms with van der Waals surface area (Å²) in [5.41, 5.74) is 5.71. The van der Waals surface area contributed by atoms with Crippen LogP contribution < -0.4 is 15.4 Å². The zero-order valence-corrected chi connectivity index (χ0v) is 11.1. The first-order valence-electron chi connectivity index (χ1n) is 6.65. The smallest absolute Gasteiger partial charge is 0.323 e. The number of hydrogen-bond acceptors (Lipinski definition) is 6. The number of unbranched alkanes of at least 4 members (excludes halogenated alkanes) is 1. The van der Waals surface area contributed by atoms with E-state index >= 15 is 0 Å². The summed E-state index contributed by atoms with van der Waals surface area (Å²) in [7, 11) is 0. The van der Waals surface area contributed by atoms with E-state index in [1.807, 2.05) is 6.92 Å². The molecule has 0 bridgehead atoms. The van der Waals surface area contributed by atoms with Crippen LogP contribution in [0.2, 0.25) is 0 Å². The molecule has 0 aromatic carbocycles. The minimum absolute atomic E-state index is 0.227. The molecular weight excluding hydrogens is 230 g/mol. The van der Waals surface area contributed by atoms with Crippen LogP contribution in [0.25, 0.3) is 0 Å². The first kappa shape index (κ1) is 12.9. The Morgan fingerprint density at radius 3 is 2.67 bits per heavy atom. The highest BCUT2D eigenvalue weighted by molar-refractivity contribution is 5.38. The molecule has 0 amide bonds. The van der Waals surface area contributed by atoms with Gasteiger partial charge in [0.2, 0.25) is 11.9 Å². The van der Waals surface area contributed by atoms with E-state index < -0.39 is 0 Å². The molecule has 1 heterocycles. The second kappa shape index (κ2) is 5.84. The number of nitrogen functional groups attached to an aromatic ring is 1. The van der Waals surface area contributed by atoms with E-state index in [0.717, 1.165) is 19.4 Å². The third kappa shape index (κ3) is 3.21. The van der Waals surface area contributed by atoms with Crippen LogP contribution in [-0.4, -0.2) is 34.1 Å². The van der Waals surface area contributed by atoms with Gasteiger partial charge in [0.1, 0.15) is 0 Å². The lowest BCUT2D eigenvalue weighted by atomic mass is 10.3. The van der Waals surface area contributed by atoms with Crippen molar-refractivity contribution in [1.29, 1.82) is 0 Å². The topological polar surface area (TPSA) is 77.2 Å². The van der Waals surface area contributed by atoms with Crippen molar-refractivity contribution in [2.45, 2.75) is 45.6 Å². The van der Waals surface area contributed by atoms with E-state index in [4.69, 9.17) is 10.5 Å². The Morgan fingerprint density at radius 1 is 1.28 bits per heavy atom. The molecule has 1 aromatic rings. The van der Waals surface area contributed by atoms with Gasteiger partial charge < -0.3 is 15.4 Å². The molecular formula is C12H21N5O. The molecule has 6 nitrogen and oxygen atoms in total. The largest absolute Gasteiger partial charge is 0.464 e. The van der Waals surface area contributed by atoms with Gasteiger partial charge in [-0.25, -0.2) is 0 Å². The predicted molar refractivity (Wildman–Crippen MR) is 70.7 cm³/mol. The van der Waals surface area contributed by atoms with Gasteiger partial charge in [0, 0.05) is 12.6 Å². The first-order chi connectivity index (χ1) is 8.74. The van der Waals surface area contributed by atoms with Crippen molar-refractivity contribution < 1.29 is 4.74 Å². The average Bonchev–Trinajstić information content (AvgIpc) is 3.14. The zero-order chi connectivity index (χ0) is 13.0. The van der Waals surface area contributed by atoms with E-state index in [1.54, 1.807) is 0 Å². The lowest BCUT2D eigenvalue weighted by Gasteiger charge is -2.22. The van der Waals surface area contributed by atoms with Gasteiger partial charge in [-0.05, 0) is 26.2 Å². The maximum atomic E-state index is 5.71. The highest BCUT2D eigenvalue weighted by Crippen LogP contribution is 2.30. The maximum absolute atomic E-state index is 5.71. The zero-order valence-electron chi connectivity index (χ0n) is 11.1. The number of ether oxygens (including phenoxy) is 1. The van der Waals surface area contributed by atoms with Crippen molar-refractivity contribution in [2.75, 3.05) is 23.8 Å². The van der Waals surface area contributed by atoms with Crippen molar-refractivity contribution in [2.24, 2.45) is 0 Å². The van der Waals surface area contributed by atoms with Crippen molar-refractivity contribution in [3.63, 3.8) is 0 Å². The van der Waals surface area contributed by atoms with Crippen LogP contribution in [0.4, 0.5) is 11.9 Å². The Morgan fingerprint density at radius 2 is 2.06 bits per heavy atom. The first-order valence-corrected chi connectivity index (χ1v) is 6.65. The SMILES string of the molecule is CCCCN(c1nc(N)nc(OCC)n1)C1CC1. The fourth-order valence-corrected chi connectivity index (χ4v) is 1.84. The van der Waals surface area contributed by atoms with Gasteiger partial charge in [0.05, 0.1) is 6.61 Å². The summed E-state index contributed by atoms with van der Waals surface area (Å²) in [5.74, 6) is 0.882. The van der Waals surface area contributed by atoms with E-state index in [-0.39, 0.29) is 5.95 Å². The van der Waals surface area contributed by atoms with Crippen LogP contribution in [0.1, 0.15) is 39.5 Å². The maximum Gasteiger partial charge on any atom is 0.323 e. The van der Waals surface area contributed by atoms with E-state index in [1.165, 1.54) is 12.8 Å². The van der Waals surface area contributed by atoms with Crippen LogP contribution in [0.5, 0.6) is 6.01 Å². The predicted octanol–water partition coefficient (Wildman–Crippen LogP) is 1.62. The van der Waals surface area contributed by atoms with Crippen molar-refractivity contribution in [3.8, 4) is 6.01 Å². The molecule has 2 rings (SSSR count). The Bertz CT molecular complexity index is 394. The normalized spacial score (nSPS) is 14.6. The Balaban J connectivity index is 2.17. The monoisotopic (exact) mass is 251 g/mol. The fourth-order valence-electron chi connectivity index (χ4n) is 1.84. The van der Waals surface area contributed by atoms with Gasteiger partial charge in [-0.3, -0.25) is 0 Å². The Hall–Kier alpha value is -1.59. The lowest BCUT2D eigenvalue weighted by molar-refractivity contribution is 0.312. The molecule has 1 fully saturated rings. The molecule has 0 aliphatic heterocycles. The van der Waals surface area contributed by atoms with Crippen LogP contribution in [0.3, 0.4) is 0 Å². The van der Waals surface area contributed by atoms with Gasteiger partial charge in [-0.1, -0.05) is 13.3 Å². The number of hydrogen-bond donors (Lipinski definition) is 1. The summed E-state index contributed by atoms with van der Waals surface area (Å²) in [6.07, 6.45) is 4.70. The van der Waals surface area contributed by atoms with Gasteiger partial charge in [-0.15, -0.1) is 0 Å². The number of nitrogens with zero attached hydrogens (tertiary/aromatic N) is 4. The van der Waals surface area contributed by atoms with Gasteiger partial charge >= 0.3 is 6.01 Å². The number of aromatic nitrogens is 3. The van der Waals surface area contributed by atoms with E-state index in [9.17, 15) is 0 Å². The highest BCUT2D eigenvalue weighted by Gasteiger charge is 2.31. The summed E-state index contributed by atoms with van der Waals surface area (Å²) in [6, 6.07) is 0.884. The fraction of sp³-hybridized carbons (Fsp3) is 0.750. The third-order valence-corrected chi connectivity index (χ3v) is 2.89. The number of anilines is 2. The molecule has 0 radical (unpaired) electrons. The average molecular weight is 251 g/mol. The quantitative estimate of drug-likeness (QED) is 0.793. The molecule has 2 N–H and O–H groups in total. The molecule has 1 aromatic heterocycles. The highest BCUT2D eigenvalue weighted by atomic mass is 16.5. The molecule has 0 spiro atoms. The van der Waals surface area contributed by atoms with Gasteiger partial charge in [0.15, 0.2) is 0 Å². The molecule has 6 heteroatoms. The molecule has 0 saturated heterocycles. The van der Waals surface area contributed by atoms with Gasteiger partial charge in [0.25, 0.3) is 0 Å². The van der Waals surface area contributed by atoms with Gasteiger partial charge in [-0.2, -0.15) is 15.0 Å². The van der Waals surface area contributed by atoms with Crippen LogP contribution in [0, 0.1) is 0 Å². The summed E-state index contributed by atoms with van der Waals surface area (Å²) in [4.78, 5) is 14.8. The van der Waals surface area contributed by atoms with Crippen molar-refractivity contribution >= 4 is 11.9 Å². The molecule has 1 aliphatic carbocycles. The molecule has 0 unspecified atom stereocenters. The van der Waals surface area contributed by atoms with E-state index in [2.05, 4.69) is 26.8 Å².